The number of piperazine rings is 1. The van der Waals surface area contributed by atoms with Crippen LogP contribution in [0.25, 0.3) is 0 Å². The Hall–Kier alpha value is -1.16. The molecule has 0 radical (unpaired) electrons. The Balaban J connectivity index is 0.00000385. The molecule has 2 aliphatic rings. The first kappa shape index (κ1) is 28.1. The summed E-state index contributed by atoms with van der Waals surface area (Å²) in [5.74, 6) is -3.12. The van der Waals surface area contributed by atoms with Crippen LogP contribution in [-0.2, 0) is 10.0 Å². The van der Waals surface area contributed by atoms with E-state index in [-0.39, 0.29) is 56.0 Å². The minimum Gasteiger partial charge on any atom is -0.295 e. The normalized spacial score (nSPS) is 21.4. The first-order valence-corrected chi connectivity index (χ1v) is 13.0. The number of benzene rings is 1. The number of aryl methyl sites for hydroxylation is 1. The van der Waals surface area contributed by atoms with Gasteiger partial charge in [-0.2, -0.15) is 4.31 Å². The van der Waals surface area contributed by atoms with Gasteiger partial charge in [-0.1, -0.05) is 6.92 Å². The molecule has 0 atom stereocenters. The number of sulfonamides is 1. The summed E-state index contributed by atoms with van der Waals surface area (Å²) < 4.78 is 67.6. The molecule has 1 aliphatic heterocycles. The van der Waals surface area contributed by atoms with Crippen molar-refractivity contribution in [1.29, 1.82) is 0 Å². The summed E-state index contributed by atoms with van der Waals surface area (Å²) in [5, 5.41) is 0. The van der Waals surface area contributed by atoms with Gasteiger partial charge in [-0.25, -0.2) is 21.6 Å². The molecule has 5 nitrogen and oxygen atoms in total. The van der Waals surface area contributed by atoms with Crippen LogP contribution in [0.1, 0.15) is 67.8 Å². The molecule has 0 bridgehead atoms. The number of rotatable bonds is 8. The second-order valence-electron chi connectivity index (χ2n) is 9.16. The molecule has 0 unspecified atom stereocenters. The van der Waals surface area contributed by atoms with Gasteiger partial charge in [0.05, 0.1) is 5.75 Å². The van der Waals surface area contributed by atoms with E-state index in [9.17, 15) is 26.4 Å². The molecule has 1 aromatic carbocycles. The van der Waals surface area contributed by atoms with Gasteiger partial charge < -0.3 is 0 Å². The molecule has 10 heteroatoms. The maximum atomic E-state index is 14.0. The fourth-order valence-electron chi connectivity index (χ4n) is 5.05. The van der Waals surface area contributed by atoms with Gasteiger partial charge in [0.25, 0.3) is 0 Å². The Labute approximate surface area is 201 Å². The summed E-state index contributed by atoms with van der Waals surface area (Å²) in [6.07, 6.45) is 1.25. The fourth-order valence-corrected chi connectivity index (χ4v) is 6.55. The number of carbonyl (C=O) groups excluding carboxylic acids is 1. The largest absolute Gasteiger partial charge is 0.295 e. The molecular weight excluding hydrogens is 477 g/mol. The van der Waals surface area contributed by atoms with Crippen molar-refractivity contribution in [2.24, 2.45) is 0 Å². The van der Waals surface area contributed by atoms with E-state index in [1.165, 1.54) is 22.5 Å². The van der Waals surface area contributed by atoms with Crippen molar-refractivity contribution < 1.29 is 26.4 Å². The number of carbonyl (C=O) groups is 1. The van der Waals surface area contributed by atoms with Gasteiger partial charge in [-0.15, -0.1) is 12.4 Å². The van der Waals surface area contributed by atoms with Crippen molar-refractivity contribution in [2.75, 3.05) is 31.9 Å². The minimum atomic E-state index is -3.29. The number of Topliss-reactive ketones (excluding diaryl/α,β-unsaturated/α-hetero) is 1. The van der Waals surface area contributed by atoms with E-state index in [1.54, 1.807) is 6.92 Å². The van der Waals surface area contributed by atoms with Crippen LogP contribution < -0.4 is 0 Å². The van der Waals surface area contributed by atoms with Gasteiger partial charge in [0.15, 0.2) is 5.78 Å². The number of hydrogen-bond acceptors (Lipinski definition) is 4. The number of nitrogens with zero attached hydrogens (tertiary/aromatic N) is 2. The predicted molar refractivity (Wildman–Crippen MR) is 125 cm³/mol. The Morgan fingerprint density at radius 3 is 2.21 bits per heavy atom. The summed E-state index contributed by atoms with van der Waals surface area (Å²) in [4.78, 5) is 15.0. The molecule has 1 heterocycles. The molecule has 0 N–H and O–H groups in total. The van der Waals surface area contributed by atoms with Crippen molar-refractivity contribution >= 4 is 28.2 Å². The Morgan fingerprint density at radius 1 is 1.06 bits per heavy atom. The maximum absolute atomic E-state index is 14.0. The lowest BCUT2D eigenvalue weighted by atomic mass is 9.74. The Kier molecular flexibility index (Phi) is 9.41. The summed E-state index contributed by atoms with van der Waals surface area (Å²) in [7, 11) is -3.29. The van der Waals surface area contributed by atoms with Crippen LogP contribution in [0.2, 0.25) is 0 Å². The number of ketones is 1. The van der Waals surface area contributed by atoms with Crippen molar-refractivity contribution in [1.82, 2.24) is 9.21 Å². The van der Waals surface area contributed by atoms with Crippen LogP contribution in [-0.4, -0.2) is 66.8 Å². The Morgan fingerprint density at radius 2 is 1.67 bits per heavy atom. The number of halogens is 4. The van der Waals surface area contributed by atoms with E-state index in [4.69, 9.17) is 0 Å². The zero-order valence-corrected chi connectivity index (χ0v) is 20.9. The third kappa shape index (κ3) is 6.71. The van der Waals surface area contributed by atoms with E-state index >= 15 is 0 Å². The monoisotopic (exact) mass is 510 g/mol. The van der Waals surface area contributed by atoms with Gasteiger partial charge in [0.2, 0.25) is 15.9 Å². The van der Waals surface area contributed by atoms with E-state index < -0.39 is 27.3 Å². The van der Waals surface area contributed by atoms with Crippen molar-refractivity contribution in [2.45, 2.75) is 70.3 Å². The molecular formula is C23H34ClF3N2O3S. The third-order valence-electron chi connectivity index (χ3n) is 6.98. The van der Waals surface area contributed by atoms with Crippen LogP contribution in [0.5, 0.6) is 0 Å². The van der Waals surface area contributed by atoms with Crippen LogP contribution in [0.4, 0.5) is 13.2 Å². The summed E-state index contributed by atoms with van der Waals surface area (Å²) in [6, 6.07) is 4.05. The van der Waals surface area contributed by atoms with Gasteiger partial charge >= 0.3 is 0 Å². The van der Waals surface area contributed by atoms with Gasteiger partial charge in [0, 0.05) is 56.5 Å². The fraction of sp³-hybridized carbons (Fsp3) is 0.696. The highest BCUT2D eigenvalue weighted by Gasteiger charge is 2.47. The quantitative estimate of drug-likeness (QED) is 0.470. The minimum absolute atomic E-state index is 0. The lowest BCUT2D eigenvalue weighted by Gasteiger charge is -2.51. The molecule has 1 saturated carbocycles. The average molecular weight is 511 g/mol. The molecule has 1 aromatic rings. The van der Waals surface area contributed by atoms with E-state index in [2.05, 4.69) is 4.90 Å². The second kappa shape index (κ2) is 11.1. The highest BCUT2D eigenvalue weighted by molar-refractivity contribution is 7.89. The summed E-state index contributed by atoms with van der Waals surface area (Å²) in [6.45, 7) is 5.13. The van der Waals surface area contributed by atoms with E-state index in [0.29, 0.717) is 50.1 Å². The van der Waals surface area contributed by atoms with Crippen molar-refractivity contribution in [3.8, 4) is 0 Å². The SMILES string of the molecule is CCCS(=O)(=O)N1CCN(C2(CCC(=O)c3ccc(F)cc3C)CCC(F)(F)CC2)CC1.Cl. The predicted octanol–water partition coefficient (Wildman–Crippen LogP) is 4.82. The van der Waals surface area contributed by atoms with Crippen LogP contribution in [0, 0.1) is 12.7 Å². The molecule has 0 amide bonds. The highest BCUT2D eigenvalue weighted by atomic mass is 35.5. The van der Waals surface area contributed by atoms with Crippen LogP contribution in [0.15, 0.2) is 18.2 Å². The zero-order chi connectivity index (χ0) is 23.6. The first-order valence-electron chi connectivity index (χ1n) is 11.4. The molecule has 0 spiro atoms. The van der Waals surface area contributed by atoms with Crippen LogP contribution in [0.3, 0.4) is 0 Å². The zero-order valence-electron chi connectivity index (χ0n) is 19.3. The van der Waals surface area contributed by atoms with Crippen molar-refractivity contribution in [3.05, 3.63) is 35.1 Å². The first-order chi connectivity index (χ1) is 15.0. The molecule has 188 valence electrons. The average Bonchev–Trinajstić information content (AvgIpc) is 2.73. The summed E-state index contributed by atoms with van der Waals surface area (Å²) >= 11 is 0. The molecule has 33 heavy (non-hydrogen) atoms. The lowest BCUT2D eigenvalue weighted by molar-refractivity contribution is -0.0891. The molecule has 2 fully saturated rings. The third-order valence-corrected chi connectivity index (χ3v) is 9.06. The number of alkyl halides is 2. The maximum Gasteiger partial charge on any atom is 0.248 e. The van der Waals surface area contributed by atoms with Gasteiger partial charge in [-0.3, -0.25) is 9.69 Å². The van der Waals surface area contributed by atoms with Gasteiger partial charge in [0.1, 0.15) is 5.82 Å². The molecule has 1 saturated heterocycles. The lowest BCUT2D eigenvalue weighted by Crippen LogP contribution is -2.60. The molecule has 3 rings (SSSR count). The smallest absolute Gasteiger partial charge is 0.248 e. The second-order valence-corrected chi connectivity index (χ2v) is 11.3. The number of hydrogen-bond donors (Lipinski definition) is 0. The van der Waals surface area contributed by atoms with Crippen molar-refractivity contribution in [3.63, 3.8) is 0 Å². The van der Waals surface area contributed by atoms with E-state index in [0.717, 1.165) is 0 Å². The highest BCUT2D eigenvalue weighted by Crippen LogP contribution is 2.44. The molecule has 0 aromatic heterocycles. The molecule has 1 aliphatic carbocycles. The Bertz CT molecular complexity index is 925. The van der Waals surface area contributed by atoms with E-state index in [1.807, 2.05) is 6.92 Å². The van der Waals surface area contributed by atoms with Gasteiger partial charge in [-0.05, 0) is 56.4 Å². The standard InChI is InChI=1S/C23H33F3N2O3S.ClH/c1-3-16-32(30,31)28-14-12-27(13-15-28)22(8-10-23(25,26)11-9-22)7-6-21(29)20-5-4-19(24)17-18(20)2;/h4-5,17H,3,6-16H2,1-2H3;1H. The summed E-state index contributed by atoms with van der Waals surface area (Å²) in [5.41, 5.74) is 0.471. The topological polar surface area (TPSA) is 57.7 Å². The van der Waals surface area contributed by atoms with Crippen LogP contribution >= 0.6 is 12.4 Å².